The molecule has 3 aromatic rings. The lowest BCUT2D eigenvalue weighted by Crippen LogP contribution is -2.48. The lowest BCUT2D eigenvalue weighted by molar-refractivity contribution is -0.137. The molecule has 5 rings (SSSR count). The van der Waals surface area contributed by atoms with Crippen LogP contribution >= 0.6 is 0 Å². The molecule has 2 atom stereocenters. The Balaban J connectivity index is 1.49. The molecule has 0 spiro atoms. The number of benzene rings is 2. The van der Waals surface area contributed by atoms with Crippen LogP contribution in [0.1, 0.15) is 17.5 Å². The number of amides is 1. The summed E-state index contributed by atoms with van der Waals surface area (Å²) < 4.78 is 39.7. The number of alkyl halides is 3. The molecule has 0 radical (unpaired) electrons. The first-order chi connectivity index (χ1) is 17.7. The largest absolute Gasteiger partial charge is 0.416 e. The topological polar surface area (TPSA) is 116 Å². The van der Waals surface area contributed by atoms with Crippen LogP contribution in [0.5, 0.6) is 0 Å². The van der Waals surface area contributed by atoms with Gasteiger partial charge in [-0.05, 0) is 48.5 Å². The molecule has 1 fully saturated rings. The first kappa shape index (κ1) is 23.9. The summed E-state index contributed by atoms with van der Waals surface area (Å²) in [5.41, 5.74) is -0.900. The number of hydrogen-bond donors (Lipinski definition) is 2. The number of carbonyl (C=O) groups excluding carboxylic acids is 1. The standard InChI is InChI=1S/C25H19F3N6O3/c26-25(27,28)17-2-1-3-19(11-17)32-14-16(10-22(32)35)20-8-9-33(18-6-4-15(12-29)5-7-18)34(20)21-13-30-24(37)31-23(21)36/h1-9,11,13,16,20H,10,14H2,(H2,30,31,36,37)/t16?,20-/m1/s1. The molecule has 188 valence electrons. The SMILES string of the molecule is N#Cc1ccc(N2C=C[C@H](C3CC(=O)N(c4cccc(C(F)(F)F)c4)C3)N2c2c[nH]c(=O)[nH]c2=O)cc1. The maximum atomic E-state index is 13.2. The maximum Gasteiger partial charge on any atom is 0.416 e. The van der Waals surface area contributed by atoms with E-state index in [1.165, 1.54) is 23.2 Å². The number of carbonyl (C=O) groups is 1. The van der Waals surface area contributed by atoms with E-state index in [2.05, 4.69) is 9.97 Å². The van der Waals surface area contributed by atoms with Crippen molar-refractivity contribution in [2.45, 2.75) is 18.6 Å². The van der Waals surface area contributed by atoms with Crippen LogP contribution < -0.4 is 26.2 Å². The number of aromatic amines is 2. The molecule has 12 heteroatoms. The third-order valence-corrected chi connectivity index (χ3v) is 6.37. The third-order valence-electron chi connectivity index (χ3n) is 6.37. The second-order valence-corrected chi connectivity index (χ2v) is 8.65. The van der Waals surface area contributed by atoms with Crippen LogP contribution in [-0.2, 0) is 11.0 Å². The number of nitriles is 1. The Hall–Kier alpha value is -4.79. The summed E-state index contributed by atoms with van der Waals surface area (Å²) in [5.74, 6) is -0.738. The fourth-order valence-electron chi connectivity index (χ4n) is 4.64. The van der Waals surface area contributed by atoms with Gasteiger partial charge in [0, 0.05) is 37.0 Å². The normalized spacial score (nSPS) is 19.5. The molecule has 9 nitrogen and oxygen atoms in total. The first-order valence-corrected chi connectivity index (χ1v) is 11.2. The summed E-state index contributed by atoms with van der Waals surface area (Å²) in [6.07, 6.45) is 0.240. The Bertz CT molecular complexity index is 1540. The first-order valence-electron chi connectivity index (χ1n) is 11.2. The zero-order valence-electron chi connectivity index (χ0n) is 19.1. The van der Waals surface area contributed by atoms with Gasteiger partial charge in [-0.1, -0.05) is 6.07 Å². The van der Waals surface area contributed by atoms with Gasteiger partial charge in [-0.15, -0.1) is 0 Å². The van der Waals surface area contributed by atoms with E-state index in [1.54, 1.807) is 46.6 Å². The van der Waals surface area contributed by atoms with Crippen molar-refractivity contribution >= 4 is 23.0 Å². The van der Waals surface area contributed by atoms with Gasteiger partial charge in [0.1, 0.15) is 5.69 Å². The number of anilines is 3. The molecule has 37 heavy (non-hydrogen) atoms. The number of rotatable bonds is 4. The fraction of sp³-hybridized carbons (Fsp3) is 0.200. The van der Waals surface area contributed by atoms with E-state index < -0.39 is 34.9 Å². The van der Waals surface area contributed by atoms with Crippen molar-refractivity contribution in [2.24, 2.45) is 5.92 Å². The number of halogens is 3. The molecule has 2 N–H and O–H groups in total. The smallest absolute Gasteiger partial charge is 0.312 e. The highest BCUT2D eigenvalue weighted by molar-refractivity contribution is 5.96. The minimum atomic E-state index is -4.55. The average Bonchev–Trinajstić information content (AvgIpc) is 3.47. The highest BCUT2D eigenvalue weighted by Gasteiger charge is 2.42. The van der Waals surface area contributed by atoms with Crippen LogP contribution in [0, 0.1) is 17.2 Å². The molecule has 3 heterocycles. The van der Waals surface area contributed by atoms with E-state index in [4.69, 9.17) is 5.26 Å². The van der Waals surface area contributed by atoms with E-state index in [0.717, 1.165) is 12.1 Å². The Morgan fingerprint density at radius 1 is 1.03 bits per heavy atom. The molecular formula is C25H19F3N6O3. The summed E-state index contributed by atoms with van der Waals surface area (Å²) in [7, 11) is 0. The molecule has 0 aliphatic carbocycles. The molecule has 2 aromatic carbocycles. The van der Waals surface area contributed by atoms with Crippen LogP contribution in [0.3, 0.4) is 0 Å². The molecule has 1 unspecified atom stereocenters. The zero-order chi connectivity index (χ0) is 26.3. The van der Waals surface area contributed by atoms with Crippen molar-refractivity contribution < 1.29 is 18.0 Å². The number of hydrogen-bond acceptors (Lipinski definition) is 6. The predicted molar refractivity (Wildman–Crippen MR) is 129 cm³/mol. The third kappa shape index (κ3) is 4.47. The fourth-order valence-corrected chi connectivity index (χ4v) is 4.64. The van der Waals surface area contributed by atoms with Gasteiger partial charge in [-0.3, -0.25) is 24.6 Å². The average molecular weight is 508 g/mol. The quantitative estimate of drug-likeness (QED) is 0.560. The van der Waals surface area contributed by atoms with Crippen LogP contribution in [-0.4, -0.2) is 28.5 Å². The number of nitrogens with zero attached hydrogens (tertiary/aromatic N) is 4. The highest BCUT2D eigenvalue weighted by atomic mass is 19.4. The Labute approximate surface area is 207 Å². The Morgan fingerprint density at radius 3 is 2.46 bits per heavy atom. The van der Waals surface area contributed by atoms with Crippen LogP contribution in [0.4, 0.5) is 30.2 Å². The number of aromatic nitrogens is 2. The van der Waals surface area contributed by atoms with Gasteiger partial charge in [-0.2, -0.15) is 18.4 Å². The van der Waals surface area contributed by atoms with Gasteiger partial charge in [0.05, 0.1) is 28.9 Å². The van der Waals surface area contributed by atoms with E-state index in [0.29, 0.717) is 11.3 Å². The summed E-state index contributed by atoms with van der Waals surface area (Å²) in [5, 5.41) is 12.4. The molecule has 1 saturated heterocycles. The van der Waals surface area contributed by atoms with Gasteiger partial charge >= 0.3 is 11.9 Å². The van der Waals surface area contributed by atoms with Crippen LogP contribution in [0.15, 0.2) is 76.6 Å². The zero-order valence-corrected chi connectivity index (χ0v) is 19.1. The Kier molecular flexibility index (Phi) is 5.83. The summed E-state index contributed by atoms with van der Waals surface area (Å²) >= 11 is 0. The van der Waals surface area contributed by atoms with Gasteiger partial charge in [0.25, 0.3) is 5.56 Å². The predicted octanol–water partition coefficient (Wildman–Crippen LogP) is 3.13. The second-order valence-electron chi connectivity index (χ2n) is 8.65. The van der Waals surface area contributed by atoms with E-state index >= 15 is 0 Å². The molecular weight excluding hydrogens is 489 g/mol. The summed E-state index contributed by atoms with van der Waals surface area (Å²) in [6, 6.07) is 12.7. The van der Waals surface area contributed by atoms with Crippen molar-refractivity contribution in [2.75, 3.05) is 21.5 Å². The van der Waals surface area contributed by atoms with Crippen molar-refractivity contribution in [1.82, 2.24) is 9.97 Å². The van der Waals surface area contributed by atoms with Gasteiger partial charge in [0.15, 0.2) is 0 Å². The molecule has 1 aromatic heterocycles. The summed E-state index contributed by atoms with van der Waals surface area (Å²) in [6.45, 7) is 0.119. The Morgan fingerprint density at radius 2 is 1.78 bits per heavy atom. The van der Waals surface area contributed by atoms with E-state index in [-0.39, 0.29) is 30.2 Å². The van der Waals surface area contributed by atoms with Crippen LogP contribution in [0.25, 0.3) is 0 Å². The lowest BCUT2D eigenvalue weighted by atomic mass is 9.98. The number of H-pyrrole nitrogens is 2. The monoisotopic (exact) mass is 508 g/mol. The molecule has 1 amide bonds. The van der Waals surface area contributed by atoms with Gasteiger partial charge in [-0.25, -0.2) is 4.79 Å². The summed E-state index contributed by atoms with van der Waals surface area (Å²) in [4.78, 5) is 43.3. The molecule has 0 saturated carbocycles. The van der Waals surface area contributed by atoms with Crippen molar-refractivity contribution in [1.29, 1.82) is 5.26 Å². The highest BCUT2D eigenvalue weighted by Crippen LogP contribution is 2.37. The molecule has 2 aliphatic heterocycles. The second kappa shape index (κ2) is 9.02. The number of hydrazine groups is 1. The van der Waals surface area contributed by atoms with Crippen LogP contribution in [0.2, 0.25) is 0 Å². The molecule has 2 aliphatic rings. The maximum absolute atomic E-state index is 13.2. The van der Waals surface area contributed by atoms with Gasteiger partial charge < -0.3 is 9.88 Å². The van der Waals surface area contributed by atoms with Crippen molar-refractivity contribution in [3.05, 3.63) is 99.0 Å². The van der Waals surface area contributed by atoms with E-state index in [9.17, 15) is 27.6 Å². The minimum absolute atomic E-state index is 0.0320. The molecule has 0 bridgehead atoms. The lowest BCUT2D eigenvalue weighted by Gasteiger charge is -2.36. The van der Waals surface area contributed by atoms with Gasteiger partial charge in [0.2, 0.25) is 5.91 Å². The number of nitrogens with one attached hydrogen (secondary N) is 2. The van der Waals surface area contributed by atoms with Crippen molar-refractivity contribution in [3.63, 3.8) is 0 Å². The van der Waals surface area contributed by atoms with Crippen molar-refractivity contribution in [3.8, 4) is 6.07 Å². The van der Waals surface area contributed by atoms with E-state index in [1.807, 2.05) is 6.07 Å². The minimum Gasteiger partial charge on any atom is -0.312 e.